The first-order valence-corrected chi connectivity index (χ1v) is 11.7. The number of primary sulfonamides is 1. The van der Waals surface area contributed by atoms with Crippen molar-refractivity contribution in [2.24, 2.45) is 5.14 Å². The van der Waals surface area contributed by atoms with Gasteiger partial charge in [-0.1, -0.05) is 36.5 Å². The Bertz CT molecular complexity index is 1300. The number of nitrogens with zero attached hydrogens (tertiary/aromatic N) is 1. The number of nitrogens with two attached hydrogens (primary N) is 1. The van der Waals surface area contributed by atoms with Gasteiger partial charge in [0.1, 0.15) is 18.1 Å². The van der Waals surface area contributed by atoms with Crippen molar-refractivity contribution in [3.8, 4) is 5.75 Å². The van der Waals surface area contributed by atoms with E-state index >= 15 is 0 Å². The van der Waals surface area contributed by atoms with E-state index in [0.717, 1.165) is 32.9 Å². The smallest absolute Gasteiger partial charge is 0.238 e. The van der Waals surface area contributed by atoms with Gasteiger partial charge >= 0.3 is 0 Å². The topological polar surface area (TPSA) is 91.5 Å². The zero-order chi connectivity index (χ0) is 22.6. The molecule has 0 saturated heterocycles. The van der Waals surface area contributed by atoms with Crippen LogP contribution in [0.25, 0.3) is 11.3 Å². The number of sulfonamides is 1. The average molecular weight is 465 g/mol. The molecule has 0 spiro atoms. The maximum atomic E-state index is 11.5. The molecule has 3 heterocycles. The summed E-state index contributed by atoms with van der Waals surface area (Å²) in [6.45, 7) is 0.606. The molecule has 0 fully saturated rings. The molecular formula is C24H20N2O4S2. The molecule has 2 aliphatic rings. The lowest BCUT2D eigenvalue weighted by Crippen LogP contribution is -2.12. The summed E-state index contributed by atoms with van der Waals surface area (Å²) in [5.74, 6) is 1.49. The van der Waals surface area contributed by atoms with Gasteiger partial charge < -0.3 is 9.47 Å². The predicted octanol–water partition coefficient (Wildman–Crippen LogP) is 4.13. The van der Waals surface area contributed by atoms with Gasteiger partial charge in [0.25, 0.3) is 0 Å². The lowest BCUT2D eigenvalue weighted by molar-refractivity contribution is 0.317. The number of hydrogen-bond donors (Lipinski definition) is 1. The van der Waals surface area contributed by atoms with Crippen LogP contribution in [-0.2, 0) is 21.2 Å². The van der Waals surface area contributed by atoms with Crippen molar-refractivity contribution >= 4 is 38.4 Å². The first-order chi connectivity index (χ1) is 15.4. The minimum Gasteiger partial charge on any atom is -0.496 e. The van der Waals surface area contributed by atoms with E-state index in [0.29, 0.717) is 18.8 Å². The summed E-state index contributed by atoms with van der Waals surface area (Å²) in [6, 6.07) is 18.1. The lowest BCUT2D eigenvalue weighted by Gasteiger charge is -2.24. The second-order valence-electron chi connectivity index (χ2n) is 7.09. The van der Waals surface area contributed by atoms with Gasteiger partial charge in [0, 0.05) is 35.5 Å². The van der Waals surface area contributed by atoms with E-state index < -0.39 is 10.0 Å². The summed E-state index contributed by atoms with van der Waals surface area (Å²) in [4.78, 5) is 5.16. The first-order valence-electron chi connectivity index (χ1n) is 9.75. The van der Waals surface area contributed by atoms with Crippen molar-refractivity contribution in [1.82, 2.24) is 4.98 Å². The van der Waals surface area contributed by atoms with E-state index in [-0.39, 0.29) is 4.90 Å². The number of thiocarbonyl (C=S) groups is 1. The molecular weight excluding hydrogens is 444 g/mol. The number of fused-ring (bicyclic) bond motifs is 1. The summed E-state index contributed by atoms with van der Waals surface area (Å²) >= 11 is 4.71. The van der Waals surface area contributed by atoms with Gasteiger partial charge in [0.2, 0.25) is 10.0 Å². The Balaban J connectivity index is 0.000000354. The summed E-state index contributed by atoms with van der Waals surface area (Å²) in [6.07, 6.45) is 7.62. The van der Waals surface area contributed by atoms with E-state index in [2.05, 4.69) is 4.98 Å². The molecule has 5 rings (SSSR count). The average Bonchev–Trinajstić information content (AvgIpc) is 3.29. The van der Waals surface area contributed by atoms with Gasteiger partial charge in [-0.05, 0) is 48.0 Å². The first kappa shape index (κ1) is 21.9. The molecule has 0 amide bonds. The third kappa shape index (κ3) is 5.11. The molecule has 32 heavy (non-hydrogen) atoms. The molecule has 0 bridgehead atoms. The number of para-hydroxylation sites is 1. The van der Waals surface area contributed by atoms with Crippen molar-refractivity contribution in [2.75, 3.05) is 6.61 Å². The van der Waals surface area contributed by atoms with Crippen LogP contribution in [0.3, 0.4) is 0 Å². The van der Waals surface area contributed by atoms with Crippen LogP contribution in [0.1, 0.15) is 16.7 Å². The largest absolute Gasteiger partial charge is 0.496 e. The van der Waals surface area contributed by atoms with Crippen LogP contribution in [-0.4, -0.2) is 24.9 Å². The van der Waals surface area contributed by atoms with Crippen LogP contribution in [0.15, 0.2) is 90.3 Å². The van der Waals surface area contributed by atoms with E-state index in [9.17, 15) is 8.42 Å². The molecule has 0 saturated carbocycles. The summed E-state index contributed by atoms with van der Waals surface area (Å²) in [7, 11) is -3.73. The highest BCUT2D eigenvalue weighted by Gasteiger charge is 2.22. The Morgan fingerprint density at radius 1 is 0.969 bits per heavy atom. The fourth-order valence-corrected chi connectivity index (χ4v) is 3.94. The second kappa shape index (κ2) is 9.44. The number of benzene rings is 2. The van der Waals surface area contributed by atoms with E-state index in [4.69, 9.17) is 26.8 Å². The quantitative estimate of drug-likeness (QED) is 0.586. The number of pyridine rings is 1. The van der Waals surface area contributed by atoms with Gasteiger partial charge in [-0.3, -0.25) is 4.98 Å². The molecule has 2 aromatic carbocycles. The maximum absolute atomic E-state index is 11.5. The highest BCUT2D eigenvalue weighted by atomic mass is 32.2. The predicted molar refractivity (Wildman–Crippen MR) is 127 cm³/mol. The molecule has 2 aliphatic heterocycles. The van der Waals surface area contributed by atoms with Gasteiger partial charge in [0.15, 0.2) is 0 Å². The minimum absolute atomic E-state index is 0.0704. The number of aromatic nitrogens is 1. The molecule has 0 atom stereocenters. The molecule has 8 heteroatoms. The Morgan fingerprint density at radius 2 is 1.75 bits per heavy atom. The molecule has 3 aromatic rings. The highest BCUT2D eigenvalue weighted by molar-refractivity contribution is 7.89. The second-order valence-corrected chi connectivity index (χ2v) is 9.17. The van der Waals surface area contributed by atoms with Crippen LogP contribution in [0.4, 0.5) is 0 Å². The molecule has 162 valence electrons. The number of hydrogen-bond acceptors (Lipinski definition) is 6. The van der Waals surface area contributed by atoms with Crippen molar-refractivity contribution in [3.05, 3.63) is 102 Å². The zero-order valence-corrected chi connectivity index (χ0v) is 18.6. The standard InChI is InChI=1S/C20H16N2O3S.C4H4OS/c21-26(23,24)17-9-7-14(8-10-17)20-18(16-5-3-11-22-13-16)12-15-4-1-2-6-19(15)25-20;6-4-1-2-5-3-4/h1-11,13H,12H2,(H2,21,23,24);1-2H,3H2. The van der Waals surface area contributed by atoms with E-state index in [1.165, 1.54) is 12.1 Å². The van der Waals surface area contributed by atoms with Gasteiger partial charge in [-0.25, -0.2) is 13.6 Å². The van der Waals surface area contributed by atoms with Crippen LogP contribution in [0, 0.1) is 0 Å². The van der Waals surface area contributed by atoms with Crippen molar-refractivity contribution in [1.29, 1.82) is 0 Å². The summed E-state index contributed by atoms with van der Waals surface area (Å²) in [5, 5.41) is 5.19. The molecule has 0 unspecified atom stereocenters. The van der Waals surface area contributed by atoms with Crippen LogP contribution in [0.5, 0.6) is 5.75 Å². The van der Waals surface area contributed by atoms with Gasteiger partial charge in [0.05, 0.1) is 16.0 Å². The van der Waals surface area contributed by atoms with Crippen LogP contribution < -0.4 is 9.88 Å². The number of rotatable bonds is 3. The molecule has 1 aromatic heterocycles. The molecule has 2 N–H and O–H groups in total. The Hall–Kier alpha value is -3.33. The van der Waals surface area contributed by atoms with Crippen molar-refractivity contribution < 1.29 is 17.9 Å². The normalized spacial score (nSPS) is 14.7. The van der Waals surface area contributed by atoms with Crippen molar-refractivity contribution in [3.63, 3.8) is 0 Å². The fourth-order valence-electron chi connectivity index (χ4n) is 3.30. The Morgan fingerprint density at radius 3 is 2.34 bits per heavy atom. The van der Waals surface area contributed by atoms with Crippen LogP contribution >= 0.6 is 12.2 Å². The molecule has 0 aliphatic carbocycles. The fraction of sp³-hybridized carbons (Fsp3) is 0.0833. The van der Waals surface area contributed by atoms with Crippen LogP contribution in [0.2, 0.25) is 0 Å². The number of ether oxygens (including phenoxy) is 2. The Kier molecular flexibility index (Phi) is 6.45. The van der Waals surface area contributed by atoms with E-state index in [1.807, 2.05) is 36.4 Å². The monoisotopic (exact) mass is 464 g/mol. The number of allylic oxidation sites excluding steroid dienone is 1. The molecule has 0 radical (unpaired) electrons. The SMILES string of the molecule is NS(=O)(=O)c1ccc(C2=C(c3cccnc3)Cc3ccccc3O2)cc1.S=C1C=COC1. The highest BCUT2D eigenvalue weighted by Crippen LogP contribution is 2.38. The van der Waals surface area contributed by atoms with Gasteiger partial charge in [-0.2, -0.15) is 0 Å². The third-order valence-corrected chi connectivity index (χ3v) is 6.04. The minimum atomic E-state index is -3.73. The third-order valence-electron chi connectivity index (χ3n) is 4.86. The maximum Gasteiger partial charge on any atom is 0.238 e. The lowest BCUT2D eigenvalue weighted by atomic mass is 9.93. The summed E-state index contributed by atoms with van der Waals surface area (Å²) in [5.41, 5.74) is 3.84. The van der Waals surface area contributed by atoms with Gasteiger partial charge in [-0.15, -0.1) is 0 Å². The zero-order valence-electron chi connectivity index (χ0n) is 17.0. The van der Waals surface area contributed by atoms with Crippen molar-refractivity contribution in [2.45, 2.75) is 11.3 Å². The summed E-state index contributed by atoms with van der Waals surface area (Å²) < 4.78 is 33.9. The van der Waals surface area contributed by atoms with E-state index in [1.54, 1.807) is 36.9 Å². The Labute approximate surface area is 192 Å². The molecule has 6 nitrogen and oxygen atoms in total.